The van der Waals surface area contributed by atoms with E-state index >= 15 is 0 Å². The van der Waals surface area contributed by atoms with Crippen LogP contribution in [0.5, 0.6) is 0 Å². The Morgan fingerprint density at radius 3 is 2.40 bits per heavy atom. The normalized spacial score (nSPS) is 10.0. The van der Waals surface area contributed by atoms with Gasteiger partial charge in [-0.3, -0.25) is 0 Å². The Balaban J connectivity index is 3.34. The number of benzene rings is 1. The summed E-state index contributed by atoms with van der Waals surface area (Å²) in [5.74, 6) is 0. The van der Waals surface area contributed by atoms with Crippen molar-refractivity contribution in [1.82, 2.24) is 0 Å². The topological polar surface area (TPSA) is 0 Å². The molecule has 0 saturated heterocycles. The second-order valence-corrected chi connectivity index (χ2v) is 3.84. The molecule has 0 aliphatic carbocycles. The molecule has 0 unspecified atom stereocenters. The highest BCUT2D eigenvalue weighted by molar-refractivity contribution is 14.1. The van der Waals surface area contributed by atoms with Crippen molar-refractivity contribution in [3.63, 3.8) is 0 Å². The lowest BCUT2D eigenvalue weighted by molar-refractivity contribution is 1.33. The zero-order chi connectivity index (χ0) is 7.72. The van der Waals surface area contributed by atoms with E-state index in [0.717, 1.165) is 8.59 Å². The average Bonchev–Trinajstić information content (AvgIpc) is 1.93. The van der Waals surface area contributed by atoms with E-state index in [2.05, 4.69) is 35.6 Å². The molecule has 0 aromatic heterocycles. The van der Waals surface area contributed by atoms with Gasteiger partial charge in [-0.15, -0.1) is 0 Å². The highest BCUT2D eigenvalue weighted by Gasteiger charge is 2.01. The standard InChI is InChI=1S/C8H8ClI/c1-5-3-4-7(10)8(9)6(5)2/h3-4H,1-2H3. The molecule has 0 spiro atoms. The first-order valence-electron chi connectivity index (χ1n) is 3.04. The summed E-state index contributed by atoms with van der Waals surface area (Å²) in [7, 11) is 0. The molecule has 0 fully saturated rings. The first-order chi connectivity index (χ1) is 4.63. The fourth-order valence-corrected chi connectivity index (χ4v) is 1.54. The van der Waals surface area contributed by atoms with Crippen LogP contribution in [0.2, 0.25) is 5.02 Å². The molecule has 0 aliphatic heterocycles. The maximum atomic E-state index is 5.98. The van der Waals surface area contributed by atoms with E-state index in [1.165, 1.54) is 11.1 Å². The SMILES string of the molecule is Cc1ccc(I)c(Cl)c1C. The minimum absolute atomic E-state index is 0.889. The third-order valence-corrected chi connectivity index (χ3v) is 3.31. The zero-order valence-electron chi connectivity index (χ0n) is 5.91. The van der Waals surface area contributed by atoms with Crippen molar-refractivity contribution in [1.29, 1.82) is 0 Å². The van der Waals surface area contributed by atoms with Gasteiger partial charge in [0.25, 0.3) is 0 Å². The van der Waals surface area contributed by atoms with Gasteiger partial charge in [-0.1, -0.05) is 17.7 Å². The maximum absolute atomic E-state index is 5.98. The molecule has 0 amide bonds. The van der Waals surface area contributed by atoms with Gasteiger partial charge in [-0.05, 0) is 53.6 Å². The molecule has 0 aliphatic rings. The fourth-order valence-electron chi connectivity index (χ4n) is 0.749. The number of hydrogen-bond acceptors (Lipinski definition) is 0. The smallest absolute Gasteiger partial charge is 0.0571 e. The Labute approximate surface area is 79.7 Å². The third-order valence-electron chi connectivity index (χ3n) is 1.61. The van der Waals surface area contributed by atoms with Gasteiger partial charge in [0.15, 0.2) is 0 Å². The van der Waals surface area contributed by atoms with Gasteiger partial charge in [0, 0.05) is 3.57 Å². The number of hydrogen-bond donors (Lipinski definition) is 0. The zero-order valence-corrected chi connectivity index (χ0v) is 8.82. The van der Waals surface area contributed by atoms with Crippen molar-refractivity contribution in [2.45, 2.75) is 13.8 Å². The second kappa shape index (κ2) is 3.09. The fraction of sp³-hybridized carbons (Fsp3) is 0.250. The Morgan fingerprint density at radius 2 is 1.90 bits per heavy atom. The molecule has 1 aromatic carbocycles. The Kier molecular flexibility index (Phi) is 2.58. The van der Waals surface area contributed by atoms with Gasteiger partial charge in [0.05, 0.1) is 5.02 Å². The Bertz CT molecular complexity index is 229. The predicted molar refractivity (Wildman–Crippen MR) is 53.6 cm³/mol. The summed E-state index contributed by atoms with van der Waals surface area (Å²) in [6.45, 7) is 4.11. The summed E-state index contributed by atoms with van der Waals surface area (Å²) in [5, 5.41) is 0.889. The molecule has 0 nitrogen and oxygen atoms in total. The van der Waals surface area contributed by atoms with Crippen molar-refractivity contribution in [2.24, 2.45) is 0 Å². The molecule has 0 atom stereocenters. The molecular formula is C8H8ClI. The summed E-state index contributed by atoms with van der Waals surface area (Å²) in [4.78, 5) is 0. The van der Waals surface area contributed by atoms with Gasteiger partial charge < -0.3 is 0 Å². The monoisotopic (exact) mass is 266 g/mol. The highest BCUT2D eigenvalue weighted by atomic mass is 127. The van der Waals surface area contributed by atoms with Crippen molar-refractivity contribution in [3.05, 3.63) is 31.9 Å². The van der Waals surface area contributed by atoms with E-state index < -0.39 is 0 Å². The molecule has 0 radical (unpaired) electrons. The van der Waals surface area contributed by atoms with Crippen molar-refractivity contribution >= 4 is 34.2 Å². The minimum atomic E-state index is 0.889. The van der Waals surface area contributed by atoms with Crippen LogP contribution in [0.3, 0.4) is 0 Å². The maximum Gasteiger partial charge on any atom is 0.0571 e. The van der Waals surface area contributed by atoms with Crippen LogP contribution in [0, 0.1) is 17.4 Å². The van der Waals surface area contributed by atoms with Gasteiger partial charge >= 0.3 is 0 Å². The van der Waals surface area contributed by atoms with E-state index in [1.807, 2.05) is 13.0 Å². The van der Waals surface area contributed by atoms with Crippen LogP contribution in [0.25, 0.3) is 0 Å². The molecule has 2 heteroatoms. The molecule has 54 valence electrons. The van der Waals surface area contributed by atoms with Gasteiger partial charge in [-0.25, -0.2) is 0 Å². The van der Waals surface area contributed by atoms with E-state index in [0.29, 0.717) is 0 Å². The van der Waals surface area contributed by atoms with Gasteiger partial charge in [0.1, 0.15) is 0 Å². The molecular weight excluding hydrogens is 258 g/mol. The average molecular weight is 267 g/mol. The first kappa shape index (κ1) is 8.34. The molecule has 0 heterocycles. The molecule has 0 saturated carbocycles. The Hall–Kier alpha value is 0.240. The molecule has 10 heavy (non-hydrogen) atoms. The van der Waals surface area contributed by atoms with Gasteiger partial charge in [0.2, 0.25) is 0 Å². The van der Waals surface area contributed by atoms with E-state index in [-0.39, 0.29) is 0 Å². The molecule has 1 rings (SSSR count). The second-order valence-electron chi connectivity index (χ2n) is 2.30. The Morgan fingerprint density at radius 1 is 1.30 bits per heavy atom. The summed E-state index contributed by atoms with van der Waals surface area (Å²) in [6.07, 6.45) is 0. The van der Waals surface area contributed by atoms with Crippen LogP contribution in [0.1, 0.15) is 11.1 Å². The molecule has 1 aromatic rings. The van der Waals surface area contributed by atoms with Gasteiger partial charge in [-0.2, -0.15) is 0 Å². The third kappa shape index (κ3) is 1.45. The first-order valence-corrected chi connectivity index (χ1v) is 4.50. The lowest BCUT2D eigenvalue weighted by Crippen LogP contribution is -1.84. The summed E-state index contributed by atoms with van der Waals surface area (Å²) in [5.41, 5.74) is 2.44. The van der Waals surface area contributed by atoms with Crippen LogP contribution in [0.15, 0.2) is 12.1 Å². The largest absolute Gasteiger partial charge is 0.0829 e. The number of aryl methyl sites for hydroxylation is 1. The van der Waals surface area contributed by atoms with E-state index in [4.69, 9.17) is 11.6 Å². The van der Waals surface area contributed by atoms with Crippen LogP contribution in [-0.4, -0.2) is 0 Å². The van der Waals surface area contributed by atoms with Crippen molar-refractivity contribution < 1.29 is 0 Å². The number of rotatable bonds is 0. The lowest BCUT2D eigenvalue weighted by Gasteiger charge is -2.02. The van der Waals surface area contributed by atoms with Crippen molar-refractivity contribution in [2.75, 3.05) is 0 Å². The summed E-state index contributed by atoms with van der Waals surface area (Å²) < 4.78 is 1.13. The number of halogens is 2. The predicted octanol–water partition coefficient (Wildman–Crippen LogP) is 3.56. The van der Waals surface area contributed by atoms with Crippen LogP contribution < -0.4 is 0 Å². The molecule has 0 bridgehead atoms. The van der Waals surface area contributed by atoms with E-state index in [1.54, 1.807) is 0 Å². The molecule has 0 N–H and O–H groups in total. The van der Waals surface area contributed by atoms with E-state index in [9.17, 15) is 0 Å². The summed E-state index contributed by atoms with van der Waals surface area (Å²) in [6, 6.07) is 4.12. The van der Waals surface area contributed by atoms with Crippen molar-refractivity contribution in [3.8, 4) is 0 Å². The summed E-state index contributed by atoms with van der Waals surface area (Å²) >= 11 is 8.21. The highest BCUT2D eigenvalue weighted by Crippen LogP contribution is 2.24. The van der Waals surface area contributed by atoms with Crippen LogP contribution in [0.4, 0.5) is 0 Å². The quantitative estimate of drug-likeness (QED) is 0.630. The van der Waals surface area contributed by atoms with Crippen LogP contribution in [-0.2, 0) is 0 Å². The minimum Gasteiger partial charge on any atom is -0.0829 e. The lowest BCUT2D eigenvalue weighted by atomic mass is 10.1. The van der Waals surface area contributed by atoms with Crippen LogP contribution >= 0.6 is 34.2 Å².